The number of likely N-dealkylation sites (N-methyl/N-ethyl adjacent to an activating group) is 1. The van der Waals surface area contributed by atoms with E-state index in [9.17, 15) is 34.2 Å². The van der Waals surface area contributed by atoms with Crippen molar-refractivity contribution < 1.29 is 34.1 Å². The number of aromatic nitrogens is 4. The summed E-state index contributed by atoms with van der Waals surface area (Å²) in [7, 11) is 1.70. The fourth-order valence-electron chi connectivity index (χ4n) is 7.65. The van der Waals surface area contributed by atoms with Gasteiger partial charge in [0, 0.05) is 86.0 Å². The Hall–Kier alpha value is -6.42. The summed E-state index contributed by atoms with van der Waals surface area (Å²) in [5.41, 5.74) is 3.67. The van der Waals surface area contributed by atoms with E-state index in [-0.39, 0.29) is 66.3 Å². The van der Waals surface area contributed by atoms with Gasteiger partial charge in [-0.1, -0.05) is 19.9 Å². The van der Waals surface area contributed by atoms with Crippen LogP contribution in [0.1, 0.15) is 73.4 Å². The Bertz CT molecular complexity index is 2430. The molecule has 1 saturated heterocycles. The number of hydrogen-bond acceptors (Lipinski definition) is 9. The average Bonchev–Trinajstić information content (AvgIpc) is 3.89. The summed E-state index contributed by atoms with van der Waals surface area (Å²) in [4.78, 5) is 67.2. The summed E-state index contributed by atoms with van der Waals surface area (Å²) >= 11 is 0. The number of nitrogens with zero attached hydrogens (tertiary/aromatic N) is 5. The topological polar surface area (TPSA) is 204 Å². The molecule has 304 valence electrons. The third-order valence-corrected chi connectivity index (χ3v) is 10.9. The van der Waals surface area contributed by atoms with Gasteiger partial charge in [-0.05, 0) is 73.2 Å². The highest BCUT2D eigenvalue weighted by molar-refractivity contribution is 6.04. The molecular formula is C42H48N8O8. The van der Waals surface area contributed by atoms with Crippen molar-refractivity contribution in [3.63, 3.8) is 0 Å². The van der Waals surface area contributed by atoms with Gasteiger partial charge < -0.3 is 40.0 Å². The van der Waals surface area contributed by atoms with E-state index in [4.69, 9.17) is 4.74 Å². The van der Waals surface area contributed by atoms with Gasteiger partial charge in [-0.3, -0.25) is 19.2 Å². The van der Waals surface area contributed by atoms with E-state index in [0.717, 1.165) is 17.3 Å². The lowest BCUT2D eigenvalue weighted by Crippen LogP contribution is -2.50. The number of amides is 4. The maximum absolute atomic E-state index is 13.1. The number of phenols is 2. The number of ether oxygens (including phenoxy) is 1. The maximum atomic E-state index is 13.1. The SMILES string of the molecule is CC(C)c1cc(-c2n[nH]c(=O)n2-c2ccc3c(ccn3CCOCCN(C)C(=O)CCCC(=O)Nc3cccc4c3CN(C3CCCNC3=O)C4=O)c2)c(O)cc1O. The van der Waals surface area contributed by atoms with Crippen LogP contribution in [0.3, 0.4) is 0 Å². The van der Waals surface area contributed by atoms with Crippen LogP contribution in [0.25, 0.3) is 28.0 Å². The first kappa shape index (κ1) is 39.8. The van der Waals surface area contributed by atoms with Crippen molar-refractivity contribution in [3.05, 3.63) is 88.0 Å². The highest BCUT2D eigenvalue weighted by Gasteiger charge is 2.38. The van der Waals surface area contributed by atoms with E-state index >= 15 is 0 Å². The molecule has 3 aromatic carbocycles. The molecule has 0 spiro atoms. The molecule has 16 heteroatoms. The monoisotopic (exact) mass is 792 g/mol. The van der Waals surface area contributed by atoms with Crippen LogP contribution in [-0.4, -0.2) is 102 Å². The van der Waals surface area contributed by atoms with Crippen LogP contribution in [0, 0.1) is 0 Å². The number of rotatable bonds is 15. The molecule has 1 unspecified atom stereocenters. The van der Waals surface area contributed by atoms with E-state index in [2.05, 4.69) is 20.8 Å². The fraction of sp³-hybridized carbons (Fsp3) is 0.381. The standard InChI is InChI=1S/C42H48N8O8/c1-25(2)29-22-30(36(52)23-35(29)51)39-45-46-42(57)50(39)27-12-13-33-26(21-27)14-16-48(33)18-20-58-19-17-47(3)38(54)11-5-10-37(53)44-32-8-4-7-28-31(32)24-49(41(28)56)34-9-6-15-43-40(34)55/h4,7-8,12-14,16,21-23,25,34,51-52H,5-6,9-11,15,17-20,24H2,1-3H3,(H,43,55)(H,44,53)(H,46,57). The number of fused-ring (bicyclic) bond motifs is 2. The number of aromatic hydroxyl groups is 2. The second-order valence-electron chi connectivity index (χ2n) is 15.1. The number of nitrogens with one attached hydrogen (secondary N) is 3. The third-order valence-electron chi connectivity index (χ3n) is 10.9. The van der Waals surface area contributed by atoms with E-state index in [0.29, 0.717) is 79.3 Å². The summed E-state index contributed by atoms with van der Waals surface area (Å²) < 4.78 is 9.28. The minimum atomic E-state index is -0.518. The predicted molar refractivity (Wildman–Crippen MR) is 216 cm³/mol. The molecule has 58 heavy (non-hydrogen) atoms. The van der Waals surface area contributed by atoms with Gasteiger partial charge in [-0.15, -0.1) is 0 Å². The van der Waals surface area contributed by atoms with Gasteiger partial charge in [-0.2, -0.15) is 5.10 Å². The number of piperidine rings is 1. The Labute approximate surface area is 334 Å². The number of benzene rings is 3. The quantitative estimate of drug-likeness (QED) is 0.0962. The largest absolute Gasteiger partial charge is 0.508 e. The second kappa shape index (κ2) is 17.0. The summed E-state index contributed by atoms with van der Waals surface area (Å²) in [6.45, 7) is 6.37. The molecular weight excluding hydrogens is 745 g/mol. The lowest BCUT2D eigenvalue weighted by molar-refractivity contribution is -0.131. The third kappa shape index (κ3) is 8.18. The van der Waals surface area contributed by atoms with Gasteiger partial charge >= 0.3 is 5.69 Å². The molecule has 2 aliphatic rings. The first-order valence-electron chi connectivity index (χ1n) is 19.6. The Kier molecular flexibility index (Phi) is 11.6. The Morgan fingerprint density at radius 3 is 2.64 bits per heavy atom. The Balaban J connectivity index is 0.855. The summed E-state index contributed by atoms with van der Waals surface area (Å²) in [6.07, 6.45) is 4.02. The molecule has 2 aromatic heterocycles. The zero-order valence-corrected chi connectivity index (χ0v) is 32.8. The second-order valence-corrected chi connectivity index (χ2v) is 15.1. The van der Waals surface area contributed by atoms with E-state index in [1.165, 1.54) is 10.6 Å². The first-order valence-corrected chi connectivity index (χ1v) is 19.6. The minimum Gasteiger partial charge on any atom is -0.508 e. The van der Waals surface area contributed by atoms with Crippen LogP contribution in [-0.2, 0) is 32.2 Å². The van der Waals surface area contributed by atoms with Crippen LogP contribution in [0.2, 0.25) is 0 Å². The normalized spacial score (nSPS) is 15.2. The number of hydrogen-bond donors (Lipinski definition) is 5. The van der Waals surface area contributed by atoms with Crippen LogP contribution in [0.15, 0.2) is 65.6 Å². The van der Waals surface area contributed by atoms with Gasteiger partial charge in [-0.25, -0.2) is 14.5 Å². The van der Waals surface area contributed by atoms with Crippen molar-refractivity contribution in [2.75, 3.05) is 38.7 Å². The summed E-state index contributed by atoms with van der Waals surface area (Å²) in [5.74, 6) is -0.747. The number of phenolic OH excluding ortho intramolecular Hbond substituents is 2. The highest BCUT2D eigenvalue weighted by atomic mass is 16.5. The van der Waals surface area contributed by atoms with Gasteiger partial charge in [0.2, 0.25) is 17.7 Å². The van der Waals surface area contributed by atoms with E-state index in [1.54, 1.807) is 47.2 Å². The molecule has 5 aromatic rings. The first-order chi connectivity index (χ1) is 27.9. The summed E-state index contributed by atoms with van der Waals surface area (Å²) in [6, 6.07) is 15.1. The number of carbonyl (C=O) groups excluding carboxylic acids is 4. The predicted octanol–water partition coefficient (Wildman–Crippen LogP) is 4.24. The van der Waals surface area contributed by atoms with Gasteiger partial charge in [0.15, 0.2) is 5.82 Å². The molecule has 1 atom stereocenters. The molecule has 5 N–H and O–H groups in total. The molecule has 4 heterocycles. The van der Waals surface area contributed by atoms with Crippen LogP contribution in [0.5, 0.6) is 11.5 Å². The zero-order valence-electron chi connectivity index (χ0n) is 32.8. The van der Waals surface area contributed by atoms with Crippen LogP contribution >= 0.6 is 0 Å². The number of aromatic amines is 1. The number of anilines is 1. The van der Waals surface area contributed by atoms with Crippen LogP contribution < -0.4 is 16.3 Å². The average molecular weight is 793 g/mol. The molecule has 16 nitrogen and oxygen atoms in total. The van der Waals surface area contributed by atoms with Crippen LogP contribution in [0.4, 0.5) is 5.69 Å². The van der Waals surface area contributed by atoms with Gasteiger partial charge in [0.25, 0.3) is 5.91 Å². The Morgan fingerprint density at radius 2 is 1.84 bits per heavy atom. The van der Waals surface area contributed by atoms with Crippen molar-refractivity contribution in [1.29, 1.82) is 0 Å². The van der Waals surface area contributed by atoms with Gasteiger partial charge in [0.05, 0.1) is 24.5 Å². The summed E-state index contributed by atoms with van der Waals surface area (Å²) in [5, 5.41) is 34.2. The molecule has 2 aliphatic heterocycles. The molecule has 0 saturated carbocycles. The highest BCUT2D eigenvalue weighted by Crippen LogP contribution is 2.38. The minimum absolute atomic E-state index is 0.0224. The lowest BCUT2D eigenvalue weighted by atomic mass is 9.98. The van der Waals surface area contributed by atoms with E-state index < -0.39 is 11.7 Å². The van der Waals surface area contributed by atoms with Crippen molar-refractivity contribution in [3.8, 4) is 28.6 Å². The zero-order chi connectivity index (χ0) is 41.1. The smallest absolute Gasteiger partial charge is 0.348 e. The van der Waals surface area contributed by atoms with Crippen molar-refractivity contribution in [1.82, 2.24) is 34.4 Å². The molecule has 4 amide bonds. The molecule has 0 aliphatic carbocycles. The lowest BCUT2D eigenvalue weighted by Gasteiger charge is -2.30. The number of H-pyrrole nitrogens is 1. The fourth-order valence-corrected chi connectivity index (χ4v) is 7.65. The molecule has 0 bridgehead atoms. The molecule has 7 rings (SSSR count). The van der Waals surface area contributed by atoms with Crippen molar-refractivity contribution in [2.45, 2.75) is 71.0 Å². The number of carbonyl (C=O) groups is 4. The maximum Gasteiger partial charge on any atom is 0.348 e. The van der Waals surface area contributed by atoms with Crippen molar-refractivity contribution in [2.24, 2.45) is 0 Å². The molecule has 1 fully saturated rings. The molecule has 0 radical (unpaired) electrons. The van der Waals surface area contributed by atoms with Gasteiger partial charge in [0.1, 0.15) is 17.5 Å². The Morgan fingerprint density at radius 1 is 1.02 bits per heavy atom. The van der Waals surface area contributed by atoms with Crippen molar-refractivity contribution >= 4 is 40.2 Å². The van der Waals surface area contributed by atoms with E-state index in [1.807, 2.05) is 42.8 Å².